The van der Waals surface area contributed by atoms with Gasteiger partial charge in [0, 0.05) is 10.7 Å². The van der Waals surface area contributed by atoms with Crippen molar-refractivity contribution in [1.29, 1.82) is 0 Å². The third kappa shape index (κ3) is 3.24. The van der Waals surface area contributed by atoms with Gasteiger partial charge < -0.3 is 5.73 Å². The SMILES string of the molecule is Nc1ccc(Cl)c(CS(=O)(=O)c2ccc(F)cc2)c1. The summed E-state index contributed by atoms with van der Waals surface area (Å²) < 4.78 is 37.1. The first-order valence-electron chi connectivity index (χ1n) is 5.41. The van der Waals surface area contributed by atoms with Crippen molar-refractivity contribution in [2.45, 2.75) is 10.6 Å². The van der Waals surface area contributed by atoms with Crippen LogP contribution in [0.15, 0.2) is 47.4 Å². The van der Waals surface area contributed by atoms with E-state index in [2.05, 4.69) is 0 Å². The predicted octanol–water partition coefficient (Wildman–Crippen LogP) is 3.04. The molecule has 0 heterocycles. The Hall–Kier alpha value is -1.59. The second kappa shape index (κ2) is 5.19. The quantitative estimate of drug-likeness (QED) is 0.700. The highest BCUT2D eigenvalue weighted by Crippen LogP contribution is 2.24. The van der Waals surface area contributed by atoms with Gasteiger partial charge >= 0.3 is 0 Å². The number of anilines is 1. The molecule has 0 amide bonds. The van der Waals surface area contributed by atoms with Crippen LogP contribution in [-0.2, 0) is 15.6 Å². The topological polar surface area (TPSA) is 60.2 Å². The van der Waals surface area contributed by atoms with E-state index in [1.165, 1.54) is 18.2 Å². The highest BCUT2D eigenvalue weighted by atomic mass is 35.5. The number of benzene rings is 2. The van der Waals surface area contributed by atoms with Gasteiger partial charge in [-0.2, -0.15) is 0 Å². The largest absolute Gasteiger partial charge is 0.399 e. The second-order valence-corrected chi connectivity index (χ2v) is 6.46. The van der Waals surface area contributed by atoms with Gasteiger partial charge in [-0.05, 0) is 48.0 Å². The third-order valence-electron chi connectivity index (χ3n) is 2.59. The van der Waals surface area contributed by atoms with Crippen molar-refractivity contribution in [3.05, 3.63) is 58.9 Å². The van der Waals surface area contributed by atoms with Crippen LogP contribution in [0.1, 0.15) is 5.56 Å². The summed E-state index contributed by atoms with van der Waals surface area (Å²) in [5.74, 6) is -0.761. The Morgan fingerprint density at radius 3 is 2.37 bits per heavy atom. The molecular formula is C13H11ClFNO2S. The highest BCUT2D eigenvalue weighted by molar-refractivity contribution is 7.90. The molecule has 0 saturated heterocycles. The number of nitrogens with two attached hydrogens (primary N) is 1. The van der Waals surface area contributed by atoms with E-state index >= 15 is 0 Å². The lowest BCUT2D eigenvalue weighted by molar-refractivity contribution is 0.594. The summed E-state index contributed by atoms with van der Waals surface area (Å²) in [5, 5.41) is 0.333. The minimum Gasteiger partial charge on any atom is -0.399 e. The maximum atomic E-state index is 12.8. The standard InChI is InChI=1S/C13H11ClFNO2S/c14-13-6-3-11(16)7-9(13)8-19(17,18)12-4-1-10(15)2-5-12/h1-7H,8,16H2. The normalized spacial score (nSPS) is 11.5. The number of halogens is 2. The van der Waals surface area contributed by atoms with Gasteiger partial charge in [0.15, 0.2) is 9.84 Å². The van der Waals surface area contributed by atoms with E-state index in [1.807, 2.05) is 0 Å². The molecule has 100 valence electrons. The average Bonchev–Trinajstić information content (AvgIpc) is 2.34. The predicted molar refractivity (Wildman–Crippen MR) is 73.2 cm³/mol. The van der Waals surface area contributed by atoms with Crippen molar-refractivity contribution in [2.24, 2.45) is 0 Å². The fourth-order valence-electron chi connectivity index (χ4n) is 1.64. The lowest BCUT2D eigenvalue weighted by Crippen LogP contribution is -2.06. The molecule has 2 aromatic carbocycles. The van der Waals surface area contributed by atoms with E-state index in [1.54, 1.807) is 12.1 Å². The molecule has 0 aromatic heterocycles. The van der Waals surface area contributed by atoms with Gasteiger partial charge in [0.2, 0.25) is 0 Å². The van der Waals surface area contributed by atoms with Gasteiger partial charge in [0.1, 0.15) is 5.82 Å². The van der Waals surface area contributed by atoms with Gasteiger partial charge in [-0.3, -0.25) is 0 Å². The molecule has 2 rings (SSSR count). The van der Waals surface area contributed by atoms with Crippen LogP contribution in [0.5, 0.6) is 0 Å². The molecule has 3 nitrogen and oxygen atoms in total. The Bertz CT molecular complexity index is 699. The summed E-state index contributed by atoms with van der Waals surface area (Å²) in [7, 11) is -3.58. The summed E-state index contributed by atoms with van der Waals surface area (Å²) >= 11 is 5.93. The Morgan fingerprint density at radius 2 is 1.74 bits per heavy atom. The van der Waals surface area contributed by atoms with Crippen LogP contribution in [0.25, 0.3) is 0 Å². The molecule has 2 aromatic rings. The molecule has 0 aliphatic rings. The summed E-state index contributed by atoms with van der Waals surface area (Å²) in [4.78, 5) is 0.0485. The molecule has 0 spiro atoms. The number of sulfone groups is 1. The summed E-state index contributed by atoms with van der Waals surface area (Å²) in [6.07, 6.45) is 0. The zero-order valence-electron chi connectivity index (χ0n) is 9.81. The lowest BCUT2D eigenvalue weighted by atomic mass is 10.2. The Morgan fingerprint density at radius 1 is 1.11 bits per heavy atom. The molecule has 6 heteroatoms. The van der Waals surface area contributed by atoms with Crippen LogP contribution < -0.4 is 5.73 Å². The maximum absolute atomic E-state index is 12.8. The van der Waals surface area contributed by atoms with Crippen molar-refractivity contribution in [1.82, 2.24) is 0 Å². The van der Waals surface area contributed by atoms with Gasteiger partial charge in [-0.25, -0.2) is 12.8 Å². The van der Waals surface area contributed by atoms with Crippen LogP contribution in [-0.4, -0.2) is 8.42 Å². The Kier molecular flexibility index (Phi) is 3.78. The highest BCUT2D eigenvalue weighted by Gasteiger charge is 2.17. The van der Waals surface area contributed by atoms with Crippen molar-refractivity contribution < 1.29 is 12.8 Å². The molecule has 19 heavy (non-hydrogen) atoms. The van der Waals surface area contributed by atoms with Gasteiger partial charge in [-0.15, -0.1) is 0 Å². The minimum atomic E-state index is -3.58. The molecule has 0 unspecified atom stereocenters. The zero-order chi connectivity index (χ0) is 14.0. The summed E-state index contributed by atoms with van der Waals surface area (Å²) in [6.45, 7) is 0. The average molecular weight is 300 g/mol. The summed E-state index contributed by atoms with van der Waals surface area (Å²) in [6, 6.07) is 9.32. The van der Waals surface area contributed by atoms with Crippen LogP contribution in [0, 0.1) is 5.82 Å². The van der Waals surface area contributed by atoms with Gasteiger partial charge in [0.05, 0.1) is 10.6 Å². The smallest absolute Gasteiger partial charge is 0.182 e. The van der Waals surface area contributed by atoms with E-state index in [4.69, 9.17) is 17.3 Å². The first-order valence-corrected chi connectivity index (χ1v) is 7.44. The Labute approximate surface area is 115 Å². The number of rotatable bonds is 3. The summed E-state index contributed by atoms with van der Waals surface area (Å²) in [5.41, 5.74) is 6.46. The lowest BCUT2D eigenvalue weighted by Gasteiger charge is -2.07. The van der Waals surface area contributed by atoms with Crippen molar-refractivity contribution in [3.8, 4) is 0 Å². The van der Waals surface area contributed by atoms with Crippen LogP contribution >= 0.6 is 11.6 Å². The van der Waals surface area contributed by atoms with E-state index in [9.17, 15) is 12.8 Å². The van der Waals surface area contributed by atoms with Crippen molar-refractivity contribution >= 4 is 27.1 Å². The molecule has 0 radical (unpaired) electrons. The van der Waals surface area contributed by atoms with E-state index in [0.29, 0.717) is 16.3 Å². The van der Waals surface area contributed by atoms with Crippen LogP contribution in [0.2, 0.25) is 5.02 Å². The minimum absolute atomic E-state index is 0.0485. The van der Waals surface area contributed by atoms with Gasteiger partial charge in [0.25, 0.3) is 0 Å². The molecule has 2 N–H and O–H groups in total. The van der Waals surface area contributed by atoms with Crippen LogP contribution in [0.3, 0.4) is 0 Å². The van der Waals surface area contributed by atoms with E-state index in [-0.39, 0.29) is 10.6 Å². The fourth-order valence-corrected chi connectivity index (χ4v) is 3.26. The van der Waals surface area contributed by atoms with E-state index < -0.39 is 15.7 Å². The van der Waals surface area contributed by atoms with E-state index in [0.717, 1.165) is 12.1 Å². The maximum Gasteiger partial charge on any atom is 0.182 e. The molecule has 0 saturated carbocycles. The molecule has 0 fully saturated rings. The molecule has 0 atom stereocenters. The first-order chi connectivity index (χ1) is 8.88. The Balaban J connectivity index is 2.36. The molecular weight excluding hydrogens is 289 g/mol. The van der Waals surface area contributed by atoms with Crippen molar-refractivity contribution in [3.63, 3.8) is 0 Å². The molecule has 0 aliphatic carbocycles. The number of hydrogen-bond donors (Lipinski definition) is 1. The monoisotopic (exact) mass is 299 g/mol. The van der Waals surface area contributed by atoms with Gasteiger partial charge in [-0.1, -0.05) is 11.6 Å². The van der Waals surface area contributed by atoms with Crippen molar-refractivity contribution in [2.75, 3.05) is 5.73 Å². The third-order valence-corrected chi connectivity index (χ3v) is 4.64. The molecule has 0 aliphatic heterocycles. The molecule has 0 bridgehead atoms. The van der Waals surface area contributed by atoms with Crippen LogP contribution in [0.4, 0.5) is 10.1 Å². The zero-order valence-corrected chi connectivity index (χ0v) is 11.4. The first kappa shape index (κ1) is 13.8. The fraction of sp³-hybridized carbons (Fsp3) is 0.0769. The number of nitrogen functional groups attached to an aromatic ring is 1. The number of hydrogen-bond acceptors (Lipinski definition) is 3. The second-order valence-electron chi connectivity index (χ2n) is 4.06.